The lowest BCUT2D eigenvalue weighted by atomic mass is 10.0. The van der Waals surface area contributed by atoms with Gasteiger partial charge in [0, 0.05) is 5.56 Å². The Morgan fingerprint density at radius 3 is 2.04 bits per heavy atom. The third kappa shape index (κ3) is 3.77. The summed E-state index contributed by atoms with van der Waals surface area (Å²) in [6.45, 7) is 3.94. The molecule has 0 bridgehead atoms. The van der Waals surface area contributed by atoms with Crippen molar-refractivity contribution in [1.82, 2.24) is 0 Å². The standard InChI is InChI=1S/C20H22O4/c1-13-6-8-16(14(2)10-13)17(21)9-7-15-11-18(22-3)20(24-5)19(12-15)23-4/h6-12H,1-5H3/b9-7+. The van der Waals surface area contributed by atoms with Gasteiger partial charge in [0.2, 0.25) is 5.75 Å². The topological polar surface area (TPSA) is 44.8 Å². The van der Waals surface area contributed by atoms with Crippen LogP contribution in [0.25, 0.3) is 6.08 Å². The van der Waals surface area contributed by atoms with Crippen LogP contribution in [0.3, 0.4) is 0 Å². The molecule has 0 aromatic heterocycles. The van der Waals surface area contributed by atoms with E-state index >= 15 is 0 Å². The first-order chi connectivity index (χ1) is 11.5. The van der Waals surface area contributed by atoms with Crippen molar-refractivity contribution < 1.29 is 19.0 Å². The summed E-state index contributed by atoms with van der Waals surface area (Å²) in [5.74, 6) is 1.59. The van der Waals surface area contributed by atoms with Crippen molar-refractivity contribution in [3.8, 4) is 17.2 Å². The number of aryl methyl sites for hydroxylation is 2. The number of ketones is 1. The monoisotopic (exact) mass is 326 g/mol. The van der Waals surface area contributed by atoms with Crippen LogP contribution in [-0.4, -0.2) is 27.1 Å². The number of allylic oxidation sites excluding steroid dienone is 1. The molecular weight excluding hydrogens is 304 g/mol. The molecule has 0 amide bonds. The molecule has 0 unspecified atom stereocenters. The summed E-state index contributed by atoms with van der Waals surface area (Å²) in [6, 6.07) is 9.39. The summed E-state index contributed by atoms with van der Waals surface area (Å²) in [7, 11) is 4.68. The van der Waals surface area contributed by atoms with Gasteiger partial charge in [-0.05, 0) is 43.2 Å². The molecule has 0 spiro atoms. The first kappa shape index (κ1) is 17.6. The van der Waals surface area contributed by atoms with Crippen molar-refractivity contribution in [3.05, 3.63) is 58.7 Å². The third-order valence-electron chi connectivity index (χ3n) is 3.76. The minimum Gasteiger partial charge on any atom is -0.493 e. The van der Waals surface area contributed by atoms with E-state index in [2.05, 4.69) is 0 Å². The average molecular weight is 326 g/mol. The second-order valence-electron chi connectivity index (χ2n) is 5.47. The van der Waals surface area contributed by atoms with Crippen molar-refractivity contribution in [3.63, 3.8) is 0 Å². The zero-order valence-corrected chi connectivity index (χ0v) is 14.7. The van der Waals surface area contributed by atoms with Crippen molar-refractivity contribution in [2.75, 3.05) is 21.3 Å². The van der Waals surface area contributed by atoms with E-state index in [0.29, 0.717) is 22.8 Å². The Morgan fingerprint density at radius 2 is 1.54 bits per heavy atom. The fourth-order valence-electron chi connectivity index (χ4n) is 2.55. The minimum atomic E-state index is -0.0405. The predicted octanol–water partition coefficient (Wildman–Crippen LogP) is 4.23. The molecule has 0 aliphatic carbocycles. The first-order valence-corrected chi connectivity index (χ1v) is 7.59. The molecule has 0 heterocycles. The van der Waals surface area contributed by atoms with E-state index in [1.54, 1.807) is 45.6 Å². The Bertz CT molecular complexity index is 750. The number of rotatable bonds is 6. The highest BCUT2D eigenvalue weighted by atomic mass is 16.5. The molecule has 2 rings (SSSR count). The lowest BCUT2D eigenvalue weighted by Crippen LogP contribution is -1.98. The van der Waals surface area contributed by atoms with Crippen LogP contribution in [0.15, 0.2) is 36.4 Å². The fourth-order valence-corrected chi connectivity index (χ4v) is 2.55. The Morgan fingerprint density at radius 1 is 0.917 bits per heavy atom. The number of methoxy groups -OCH3 is 3. The van der Waals surface area contributed by atoms with E-state index in [9.17, 15) is 4.79 Å². The summed E-state index contributed by atoms with van der Waals surface area (Å²) in [5, 5.41) is 0. The van der Waals surface area contributed by atoms with Gasteiger partial charge < -0.3 is 14.2 Å². The van der Waals surface area contributed by atoms with Crippen LogP contribution < -0.4 is 14.2 Å². The number of hydrogen-bond donors (Lipinski definition) is 0. The SMILES string of the molecule is COc1cc(/C=C/C(=O)c2ccc(C)cc2C)cc(OC)c1OC. The number of ether oxygens (including phenoxy) is 3. The summed E-state index contributed by atoms with van der Waals surface area (Å²) in [6.07, 6.45) is 3.30. The zero-order chi connectivity index (χ0) is 17.7. The van der Waals surface area contributed by atoms with E-state index in [1.165, 1.54) is 0 Å². The highest BCUT2D eigenvalue weighted by Gasteiger charge is 2.12. The maximum absolute atomic E-state index is 12.4. The van der Waals surface area contributed by atoms with Gasteiger partial charge in [0.1, 0.15) is 0 Å². The van der Waals surface area contributed by atoms with Crippen LogP contribution in [0.1, 0.15) is 27.0 Å². The van der Waals surface area contributed by atoms with Gasteiger partial charge in [-0.3, -0.25) is 4.79 Å². The van der Waals surface area contributed by atoms with Gasteiger partial charge >= 0.3 is 0 Å². The third-order valence-corrected chi connectivity index (χ3v) is 3.76. The maximum atomic E-state index is 12.4. The molecule has 0 N–H and O–H groups in total. The van der Waals surface area contributed by atoms with Crippen LogP contribution in [0.5, 0.6) is 17.2 Å². The summed E-state index contributed by atoms with van der Waals surface area (Å²) < 4.78 is 15.9. The van der Waals surface area contributed by atoms with Crippen molar-refractivity contribution >= 4 is 11.9 Å². The lowest BCUT2D eigenvalue weighted by Gasteiger charge is -2.12. The van der Waals surface area contributed by atoms with Gasteiger partial charge in [-0.2, -0.15) is 0 Å². The molecule has 0 saturated carbocycles. The van der Waals surface area contributed by atoms with E-state index in [-0.39, 0.29) is 5.78 Å². The van der Waals surface area contributed by atoms with E-state index in [1.807, 2.05) is 32.0 Å². The maximum Gasteiger partial charge on any atom is 0.203 e. The summed E-state index contributed by atoms with van der Waals surface area (Å²) in [4.78, 5) is 12.4. The molecule has 0 aliphatic heterocycles. The van der Waals surface area contributed by atoms with Gasteiger partial charge in [0.25, 0.3) is 0 Å². The smallest absolute Gasteiger partial charge is 0.203 e. The fraction of sp³-hybridized carbons (Fsp3) is 0.250. The summed E-state index contributed by atoms with van der Waals surface area (Å²) in [5.41, 5.74) is 3.60. The quantitative estimate of drug-likeness (QED) is 0.589. The summed E-state index contributed by atoms with van der Waals surface area (Å²) >= 11 is 0. The Kier molecular flexibility index (Phi) is 5.64. The Labute approximate surface area is 142 Å². The number of hydrogen-bond acceptors (Lipinski definition) is 4. The van der Waals surface area contributed by atoms with Crippen LogP contribution in [0.4, 0.5) is 0 Å². The van der Waals surface area contributed by atoms with Crippen LogP contribution in [-0.2, 0) is 0 Å². The van der Waals surface area contributed by atoms with Gasteiger partial charge in [-0.25, -0.2) is 0 Å². The molecule has 0 atom stereocenters. The molecule has 0 aliphatic rings. The van der Waals surface area contributed by atoms with Crippen LogP contribution in [0, 0.1) is 13.8 Å². The normalized spacial score (nSPS) is 10.7. The van der Waals surface area contributed by atoms with Gasteiger partial charge in [0.05, 0.1) is 21.3 Å². The molecule has 24 heavy (non-hydrogen) atoms. The largest absolute Gasteiger partial charge is 0.493 e. The average Bonchev–Trinajstić information content (AvgIpc) is 2.58. The molecule has 126 valence electrons. The highest BCUT2D eigenvalue weighted by molar-refractivity contribution is 6.07. The van der Waals surface area contributed by atoms with Gasteiger partial charge in [0.15, 0.2) is 17.3 Å². The number of carbonyl (C=O) groups is 1. The van der Waals surface area contributed by atoms with Crippen LogP contribution in [0.2, 0.25) is 0 Å². The molecule has 0 saturated heterocycles. The van der Waals surface area contributed by atoms with Crippen molar-refractivity contribution in [2.45, 2.75) is 13.8 Å². The molecule has 0 radical (unpaired) electrons. The van der Waals surface area contributed by atoms with E-state index in [0.717, 1.165) is 16.7 Å². The Balaban J connectivity index is 2.32. The number of benzene rings is 2. The van der Waals surface area contributed by atoms with Gasteiger partial charge in [-0.1, -0.05) is 29.8 Å². The first-order valence-electron chi connectivity index (χ1n) is 7.59. The highest BCUT2D eigenvalue weighted by Crippen LogP contribution is 2.38. The second-order valence-corrected chi connectivity index (χ2v) is 5.47. The zero-order valence-electron chi connectivity index (χ0n) is 14.7. The molecule has 4 heteroatoms. The minimum absolute atomic E-state index is 0.0405. The molecule has 0 fully saturated rings. The van der Waals surface area contributed by atoms with Crippen molar-refractivity contribution in [2.24, 2.45) is 0 Å². The Hall–Kier alpha value is -2.75. The molecule has 2 aromatic carbocycles. The van der Waals surface area contributed by atoms with E-state index in [4.69, 9.17) is 14.2 Å². The number of carbonyl (C=O) groups excluding carboxylic acids is 1. The molecule has 4 nitrogen and oxygen atoms in total. The second kappa shape index (κ2) is 7.68. The molecular formula is C20H22O4. The van der Waals surface area contributed by atoms with Gasteiger partial charge in [-0.15, -0.1) is 0 Å². The lowest BCUT2D eigenvalue weighted by molar-refractivity contribution is 0.104. The van der Waals surface area contributed by atoms with Crippen molar-refractivity contribution in [1.29, 1.82) is 0 Å². The van der Waals surface area contributed by atoms with Crippen LogP contribution >= 0.6 is 0 Å². The van der Waals surface area contributed by atoms with E-state index < -0.39 is 0 Å². The molecule has 2 aromatic rings. The predicted molar refractivity (Wildman–Crippen MR) is 95.4 cm³/mol.